The number of aryl methyl sites for hydroxylation is 1. The Morgan fingerprint density at radius 2 is 1.88 bits per heavy atom. The lowest BCUT2D eigenvalue weighted by Gasteiger charge is -2.14. The second kappa shape index (κ2) is 6.70. The van der Waals surface area contributed by atoms with Gasteiger partial charge in [0.25, 0.3) is 0 Å². The van der Waals surface area contributed by atoms with Crippen molar-refractivity contribution in [2.24, 2.45) is 0 Å². The van der Waals surface area contributed by atoms with Gasteiger partial charge in [0.2, 0.25) is 5.78 Å². The Hall–Kier alpha value is -2.64. The number of carbonyl (C=O) groups excluding carboxylic acids is 1. The van der Waals surface area contributed by atoms with Crippen LogP contribution < -0.4 is 0 Å². The van der Waals surface area contributed by atoms with Crippen molar-refractivity contribution in [3.63, 3.8) is 0 Å². The lowest BCUT2D eigenvalue weighted by atomic mass is 10.00. The summed E-state index contributed by atoms with van der Waals surface area (Å²) in [4.78, 5) is 12.8. The molecule has 0 unspecified atom stereocenters. The zero-order chi connectivity index (χ0) is 18.1. The Morgan fingerprint density at radius 3 is 2.52 bits per heavy atom. The molecule has 0 bridgehead atoms. The van der Waals surface area contributed by atoms with Crippen LogP contribution in [0.25, 0.3) is 5.69 Å². The number of aliphatic hydroxyl groups excluding tert-OH is 1. The SMILES string of the molecule is Cc1nnc(CO)n1-c1ccc(Cl)cc1C(=O)c1c(F)cccc1F. The lowest BCUT2D eigenvalue weighted by Crippen LogP contribution is -2.13. The van der Waals surface area contributed by atoms with Crippen LogP contribution in [0, 0.1) is 18.6 Å². The molecule has 3 aromatic rings. The minimum Gasteiger partial charge on any atom is -0.388 e. The van der Waals surface area contributed by atoms with E-state index in [0.29, 0.717) is 5.82 Å². The van der Waals surface area contributed by atoms with Gasteiger partial charge in [-0.15, -0.1) is 10.2 Å². The molecule has 0 spiro atoms. The molecule has 25 heavy (non-hydrogen) atoms. The number of aromatic nitrogens is 3. The van der Waals surface area contributed by atoms with Crippen molar-refractivity contribution >= 4 is 17.4 Å². The predicted molar refractivity (Wildman–Crippen MR) is 86.8 cm³/mol. The van der Waals surface area contributed by atoms with E-state index in [2.05, 4.69) is 10.2 Å². The number of rotatable bonds is 4. The number of halogens is 3. The molecule has 0 aliphatic rings. The first-order valence-corrected chi connectivity index (χ1v) is 7.62. The van der Waals surface area contributed by atoms with E-state index in [-0.39, 0.29) is 22.1 Å². The Bertz CT molecular complexity index is 952. The molecular weight excluding hydrogens is 352 g/mol. The van der Waals surface area contributed by atoms with Crippen LogP contribution in [0.1, 0.15) is 27.6 Å². The zero-order valence-corrected chi connectivity index (χ0v) is 13.8. The molecule has 0 saturated heterocycles. The van der Waals surface area contributed by atoms with Crippen molar-refractivity contribution in [1.29, 1.82) is 0 Å². The van der Waals surface area contributed by atoms with Gasteiger partial charge < -0.3 is 5.11 Å². The summed E-state index contributed by atoms with van der Waals surface area (Å²) >= 11 is 5.97. The fourth-order valence-electron chi connectivity index (χ4n) is 2.56. The van der Waals surface area contributed by atoms with Crippen LogP contribution in [0.3, 0.4) is 0 Å². The molecule has 2 aromatic carbocycles. The van der Waals surface area contributed by atoms with Gasteiger partial charge in [0.1, 0.15) is 24.1 Å². The van der Waals surface area contributed by atoms with Crippen LogP contribution in [-0.2, 0) is 6.61 Å². The van der Waals surface area contributed by atoms with Gasteiger partial charge in [-0.1, -0.05) is 17.7 Å². The molecule has 0 fully saturated rings. The highest BCUT2D eigenvalue weighted by molar-refractivity contribution is 6.31. The summed E-state index contributed by atoms with van der Waals surface area (Å²) in [7, 11) is 0. The van der Waals surface area contributed by atoms with E-state index < -0.39 is 29.6 Å². The number of hydrogen-bond acceptors (Lipinski definition) is 4. The van der Waals surface area contributed by atoms with E-state index in [0.717, 1.165) is 12.1 Å². The monoisotopic (exact) mass is 363 g/mol. The number of nitrogens with zero attached hydrogens (tertiary/aromatic N) is 3. The van der Waals surface area contributed by atoms with E-state index in [1.807, 2.05) is 0 Å². The van der Waals surface area contributed by atoms with Gasteiger partial charge in [-0.25, -0.2) is 8.78 Å². The maximum atomic E-state index is 14.0. The highest BCUT2D eigenvalue weighted by Crippen LogP contribution is 2.26. The van der Waals surface area contributed by atoms with E-state index >= 15 is 0 Å². The summed E-state index contributed by atoms with van der Waals surface area (Å²) < 4.78 is 29.5. The van der Waals surface area contributed by atoms with Crippen LogP contribution >= 0.6 is 11.6 Å². The summed E-state index contributed by atoms with van der Waals surface area (Å²) in [6, 6.07) is 7.52. The third-order valence-electron chi connectivity index (χ3n) is 3.67. The standard InChI is InChI=1S/C17H12ClF2N3O2/c1-9-21-22-15(8-24)23(9)14-6-5-10(18)7-11(14)17(25)16-12(19)3-2-4-13(16)20/h2-7,24H,8H2,1H3. The molecule has 3 rings (SSSR count). The number of carbonyl (C=O) groups is 1. The summed E-state index contributed by atoms with van der Waals surface area (Å²) in [5.41, 5.74) is -0.444. The summed E-state index contributed by atoms with van der Waals surface area (Å²) in [5.74, 6) is -2.24. The third kappa shape index (κ3) is 3.04. The lowest BCUT2D eigenvalue weighted by molar-refractivity contribution is 0.103. The summed E-state index contributed by atoms with van der Waals surface area (Å²) in [6.07, 6.45) is 0. The molecule has 0 atom stereocenters. The molecular formula is C17H12ClF2N3O2. The fourth-order valence-corrected chi connectivity index (χ4v) is 2.73. The predicted octanol–water partition coefficient (Wildman–Crippen LogP) is 3.23. The fraction of sp³-hybridized carbons (Fsp3) is 0.118. The Morgan fingerprint density at radius 1 is 1.20 bits per heavy atom. The molecule has 1 aromatic heterocycles. The van der Waals surface area contributed by atoms with Crippen molar-refractivity contribution in [3.05, 3.63) is 75.8 Å². The quantitative estimate of drug-likeness (QED) is 0.723. The van der Waals surface area contributed by atoms with Gasteiger partial charge >= 0.3 is 0 Å². The molecule has 0 radical (unpaired) electrons. The number of ketones is 1. The van der Waals surface area contributed by atoms with E-state index in [9.17, 15) is 18.7 Å². The van der Waals surface area contributed by atoms with Crippen LogP contribution in [0.15, 0.2) is 36.4 Å². The van der Waals surface area contributed by atoms with Gasteiger partial charge in [-0.3, -0.25) is 9.36 Å². The molecule has 0 saturated carbocycles. The first kappa shape index (κ1) is 17.2. The number of hydrogen-bond donors (Lipinski definition) is 1. The topological polar surface area (TPSA) is 68.0 Å². The third-order valence-corrected chi connectivity index (χ3v) is 3.90. The second-order valence-electron chi connectivity index (χ2n) is 5.24. The Kier molecular flexibility index (Phi) is 4.61. The van der Waals surface area contributed by atoms with Crippen LogP contribution in [0.2, 0.25) is 5.02 Å². The molecule has 5 nitrogen and oxygen atoms in total. The number of aliphatic hydroxyl groups is 1. The molecule has 0 aliphatic carbocycles. The van der Waals surface area contributed by atoms with Gasteiger partial charge in [-0.05, 0) is 37.3 Å². The molecule has 1 heterocycles. The first-order chi connectivity index (χ1) is 11.9. The minimum atomic E-state index is -0.973. The van der Waals surface area contributed by atoms with Crippen LogP contribution in [-0.4, -0.2) is 25.7 Å². The van der Waals surface area contributed by atoms with Crippen molar-refractivity contribution in [1.82, 2.24) is 14.8 Å². The van der Waals surface area contributed by atoms with Crippen molar-refractivity contribution in [2.45, 2.75) is 13.5 Å². The van der Waals surface area contributed by atoms with Crippen LogP contribution in [0.4, 0.5) is 8.78 Å². The highest BCUT2D eigenvalue weighted by atomic mass is 35.5. The maximum absolute atomic E-state index is 14.0. The summed E-state index contributed by atoms with van der Waals surface area (Å²) in [5, 5.41) is 17.3. The first-order valence-electron chi connectivity index (χ1n) is 7.24. The molecule has 1 N–H and O–H groups in total. The van der Waals surface area contributed by atoms with Crippen LogP contribution in [0.5, 0.6) is 0 Å². The summed E-state index contributed by atoms with van der Waals surface area (Å²) in [6.45, 7) is 1.20. The van der Waals surface area contributed by atoms with Crippen molar-refractivity contribution in [3.8, 4) is 5.69 Å². The van der Waals surface area contributed by atoms with Gasteiger partial charge in [0, 0.05) is 10.6 Å². The average Bonchev–Trinajstić information content (AvgIpc) is 2.95. The molecule has 8 heteroatoms. The maximum Gasteiger partial charge on any atom is 0.201 e. The van der Waals surface area contributed by atoms with Gasteiger partial charge in [0.05, 0.1) is 11.3 Å². The van der Waals surface area contributed by atoms with Gasteiger partial charge in [0.15, 0.2) is 5.82 Å². The molecule has 0 aliphatic heterocycles. The van der Waals surface area contributed by atoms with Gasteiger partial charge in [-0.2, -0.15) is 0 Å². The van der Waals surface area contributed by atoms with E-state index in [4.69, 9.17) is 11.6 Å². The average molecular weight is 364 g/mol. The minimum absolute atomic E-state index is 0.0332. The van der Waals surface area contributed by atoms with E-state index in [1.54, 1.807) is 6.92 Å². The largest absolute Gasteiger partial charge is 0.388 e. The van der Waals surface area contributed by atoms with Crippen molar-refractivity contribution < 1.29 is 18.7 Å². The van der Waals surface area contributed by atoms with E-state index in [1.165, 1.54) is 28.8 Å². The Labute approximate surface area is 146 Å². The highest BCUT2D eigenvalue weighted by Gasteiger charge is 2.24. The number of benzene rings is 2. The second-order valence-corrected chi connectivity index (χ2v) is 5.68. The Balaban J connectivity index is 2.25. The van der Waals surface area contributed by atoms with Crippen molar-refractivity contribution in [2.75, 3.05) is 0 Å². The smallest absolute Gasteiger partial charge is 0.201 e. The molecule has 128 valence electrons. The zero-order valence-electron chi connectivity index (χ0n) is 13.0. The molecule has 0 amide bonds. The normalized spacial score (nSPS) is 10.9.